The van der Waals surface area contributed by atoms with Crippen LogP contribution in [-0.4, -0.2) is 37.3 Å². The maximum atomic E-state index is 10.2. The van der Waals surface area contributed by atoms with E-state index in [0.29, 0.717) is 0 Å². The van der Waals surface area contributed by atoms with Gasteiger partial charge in [0.1, 0.15) is 12.4 Å². The van der Waals surface area contributed by atoms with Crippen LogP contribution in [-0.2, 0) is 14.1 Å². The van der Waals surface area contributed by atoms with E-state index < -0.39 is 12.2 Å². The first kappa shape index (κ1) is 12.4. The fourth-order valence-electron chi connectivity index (χ4n) is 0.744. The predicted molar refractivity (Wildman–Crippen MR) is 51.5 cm³/mol. The van der Waals surface area contributed by atoms with E-state index >= 15 is 0 Å². The van der Waals surface area contributed by atoms with Crippen molar-refractivity contribution >= 4 is 23.7 Å². The summed E-state index contributed by atoms with van der Waals surface area (Å²) in [6.07, 6.45) is -0.244. The van der Waals surface area contributed by atoms with Crippen LogP contribution in [0.15, 0.2) is 0 Å². The second-order valence-electron chi connectivity index (χ2n) is 2.20. The van der Waals surface area contributed by atoms with Crippen molar-refractivity contribution in [2.75, 3.05) is 13.7 Å². The standard InChI is InChI=1S/C6H14O4P2/c1-9-4-5(8)6(2-3-7)10-12-11/h3,5-6,8,12H,2,4,11H2,1H3/t5-,6-/m1/s1. The highest BCUT2D eigenvalue weighted by Gasteiger charge is 2.18. The molecule has 6 heteroatoms. The minimum absolute atomic E-state index is 0.187. The second kappa shape index (κ2) is 8.03. The normalized spacial score (nSPS) is 16.6. The molecule has 0 fully saturated rings. The topological polar surface area (TPSA) is 55.8 Å². The second-order valence-corrected chi connectivity index (χ2v) is 3.38. The number of methoxy groups -OCH3 is 1. The molecule has 72 valence electrons. The Morgan fingerprint density at radius 2 is 2.42 bits per heavy atom. The Kier molecular flexibility index (Phi) is 8.30. The lowest BCUT2D eigenvalue weighted by Gasteiger charge is -2.19. The summed E-state index contributed by atoms with van der Waals surface area (Å²) in [4.78, 5) is 10.2. The van der Waals surface area contributed by atoms with Crippen molar-refractivity contribution in [3.05, 3.63) is 0 Å². The van der Waals surface area contributed by atoms with Crippen LogP contribution < -0.4 is 0 Å². The third kappa shape index (κ3) is 5.13. The summed E-state index contributed by atoms with van der Waals surface area (Å²) >= 11 is 0. The van der Waals surface area contributed by atoms with Crippen LogP contribution in [0.2, 0.25) is 0 Å². The molecule has 0 heterocycles. The summed E-state index contributed by atoms with van der Waals surface area (Å²) in [7, 11) is 4.07. The van der Waals surface area contributed by atoms with E-state index in [0.717, 1.165) is 6.29 Å². The third-order valence-corrected chi connectivity index (χ3v) is 2.16. The molecule has 4 atom stereocenters. The lowest BCUT2D eigenvalue weighted by atomic mass is 10.2. The molecule has 0 amide bonds. The fourth-order valence-corrected chi connectivity index (χ4v) is 1.70. The largest absolute Gasteiger partial charge is 0.388 e. The lowest BCUT2D eigenvalue weighted by molar-refractivity contribution is -0.111. The predicted octanol–water partition coefficient (Wildman–Crippen LogP) is 0.351. The van der Waals surface area contributed by atoms with Gasteiger partial charge >= 0.3 is 0 Å². The van der Waals surface area contributed by atoms with Crippen molar-refractivity contribution in [2.24, 2.45) is 0 Å². The number of hydrogen-bond donors (Lipinski definition) is 1. The highest BCUT2D eigenvalue weighted by molar-refractivity contribution is 8.00. The number of rotatable bonds is 7. The molecule has 2 unspecified atom stereocenters. The minimum atomic E-state index is -0.728. The number of aliphatic hydroxyl groups excluding tert-OH is 1. The van der Waals surface area contributed by atoms with Gasteiger partial charge in [-0.25, -0.2) is 0 Å². The van der Waals surface area contributed by atoms with Crippen LogP contribution in [0.25, 0.3) is 0 Å². The van der Waals surface area contributed by atoms with Crippen molar-refractivity contribution in [1.82, 2.24) is 0 Å². The molecule has 0 radical (unpaired) electrons. The molecule has 0 aromatic carbocycles. The van der Waals surface area contributed by atoms with Crippen molar-refractivity contribution in [2.45, 2.75) is 18.6 Å². The zero-order valence-electron chi connectivity index (χ0n) is 6.90. The molecule has 0 aliphatic heterocycles. The van der Waals surface area contributed by atoms with Gasteiger partial charge in [0.15, 0.2) is 0 Å². The summed E-state index contributed by atoms with van der Waals surface area (Å²) in [6, 6.07) is 0. The number of ether oxygens (including phenoxy) is 1. The van der Waals surface area contributed by atoms with Gasteiger partial charge in [0.05, 0.1) is 12.7 Å². The fraction of sp³-hybridized carbons (Fsp3) is 0.833. The van der Waals surface area contributed by atoms with Gasteiger partial charge < -0.3 is 19.2 Å². The van der Waals surface area contributed by atoms with E-state index in [1.807, 2.05) is 0 Å². The quantitative estimate of drug-likeness (QED) is 0.488. The number of aliphatic hydroxyl groups is 1. The zero-order valence-corrected chi connectivity index (χ0v) is 9.05. The first-order chi connectivity index (χ1) is 5.76. The van der Waals surface area contributed by atoms with Crippen LogP contribution >= 0.6 is 17.4 Å². The number of hydrogen-bond acceptors (Lipinski definition) is 4. The van der Waals surface area contributed by atoms with Gasteiger partial charge in [-0.3, -0.25) is 0 Å². The van der Waals surface area contributed by atoms with Gasteiger partial charge in [0.2, 0.25) is 0 Å². The Hall–Kier alpha value is 0.410. The molecular weight excluding hydrogens is 198 g/mol. The molecule has 1 N–H and O–H groups in total. The summed E-state index contributed by atoms with van der Waals surface area (Å²) in [5, 5.41) is 9.36. The van der Waals surface area contributed by atoms with Gasteiger partial charge in [-0.2, -0.15) is 0 Å². The Balaban J connectivity index is 3.80. The van der Waals surface area contributed by atoms with Crippen molar-refractivity contribution < 1.29 is 19.2 Å². The third-order valence-electron chi connectivity index (χ3n) is 1.31. The van der Waals surface area contributed by atoms with E-state index in [1.54, 1.807) is 0 Å². The van der Waals surface area contributed by atoms with Crippen LogP contribution in [0.1, 0.15) is 6.42 Å². The Labute approximate surface area is 76.0 Å². The zero-order chi connectivity index (χ0) is 9.40. The van der Waals surface area contributed by atoms with Crippen LogP contribution in [0, 0.1) is 0 Å². The smallest absolute Gasteiger partial charge is 0.122 e. The van der Waals surface area contributed by atoms with Gasteiger partial charge in [0, 0.05) is 22.0 Å². The van der Waals surface area contributed by atoms with Crippen molar-refractivity contribution in [3.8, 4) is 0 Å². The highest BCUT2D eigenvalue weighted by Crippen LogP contribution is 2.25. The van der Waals surface area contributed by atoms with Gasteiger partial charge in [-0.15, -0.1) is 0 Å². The first-order valence-corrected chi connectivity index (χ1v) is 6.20. The number of carbonyl (C=O) groups excluding carboxylic acids is 1. The van der Waals surface area contributed by atoms with E-state index in [9.17, 15) is 9.90 Å². The first-order valence-electron chi connectivity index (χ1n) is 3.48. The molecule has 0 bridgehead atoms. The molecule has 0 spiro atoms. The SMILES string of the molecule is COC[C@@H](O)[C@@H](CC=O)OPP. The van der Waals surface area contributed by atoms with Crippen LogP contribution in [0.5, 0.6) is 0 Å². The molecule has 0 aliphatic rings. The van der Waals surface area contributed by atoms with Crippen molar-refractivity contribution in [1.29, 1.82) is 0 Å². The molecule has 0 aromatic heterocycles. The molecule has 0 saturated heterocycles. The molecule has 0 aromatic rings. The molecular formula is C6H14O4P2. The van der Waals surface area contributed by atoms with E-state index in [4.69, 9.17) is 9.26 Å². The Morgan fingerprint density at radius 1 is 1.75 bits per heavy atom. The maximum Gasteiger partial charge on any atom is 0.122 e. The highest BCUT2D eigenvalue weighted by atomic mass is 32.0. The average Bonchev–Trinajstić information content (AvgIpc) is 2.04. The van der Waals surface area contributed by atoms with Crippen LogP contribution in [0.3, 0.4) is 0 Å². The molecule has 4 nitrogen and oxygen atoms in total. The van der Waals surface area contributed by atoms with Gasteiger partial charge in [-0.05, 0) is 0 Å². The molecule has 0 aliphatic carbocycles. The summed E-state index contributed by atoms with van der Waals surface area (Å²) in [5.41, 5.74) is 0. The van der Waals surface area contributed by atoms with Gasteiger partial charge in [0.25, 0.3) is 0 Å². The molecule has 0 rings (SSSR count). The van der Waals surface area contributed by atoms with E-state index in [2.05, 4.69) is 8.93 Å². The van der Waals surface area contributed by atoms with Crippen LogP contribution in [0.4, 0.5) is 0 Å². The summed E-state index contributed by atoms with van der Waals surface area (Å²) in [6.45, 7) is 0.188. The monoisotopic (exact) mass is 212 g/mol. The number of aldehydes is 1. The summed E-state index contributed by atoms with van der Waals surface area (Å²) in [5.74, 6) is 0. The summed E-state index contributed by atoms with van der Waals surface area (Å²) < 4.78 is 9.85. The minimum Gasteiger partial charge on any atom is -0.388 e. The van der Waals surface area contributed by atoms with E-state index in [-0.39, 0.29) is 21.5 Å². The van der Waals surface area contributed by atoms with Crippen molar-refractivity contribution in [3.63, 3.8) is 0 Å². The average molecular weight is 212 g/mol. The maximum absolute atomic E-state index is 10.2. The lowest BCUT2D eigenvalue weighted by Crippen LogP contribution is -2.31. The Morgan fingerprint density at radius 3 is 2.83 bits per heavy atom. The van der Waals surface area contributed by atoms with E-state index in [1.165, 1.54) is 7.11 Å². The Bertz CT molecular complexity index is 122. The van der Waals surface area contributed by atoms with Gasteiger partial charge in [-0.1, -0.05) is 8.93 Å². The molecule has 12 heavy (non-hydrogen) atoms. The molecule has 0 saturated carbocycles. The number of carbonyl (C=O) groups is 1.